The topological polar surface area (TPSA) is 232 Å². The van der Waals surface area contributed by atoms with Gasteiger partial charge in [-0.05, 0) is 122 Å². The monoisotopic (exact) mass is 1310 g/mol. The van der Waals surface area contributed by atoms with E-state index >= 15 is 0 Å². The van der Waals surface area contributed by atoms with Crippen LogP contribution < -0.4 is 10.4 Å². The van der Waals surface area contributed by atoms with E-state index in [-0.39, 0.29) is 79.5 Å². The van der Waals surface area contributed by atoms with Gasteiger partial charge in [-0.1, -0.05) is 153 Å². The third kappa shape index (κ3) is 17.8. The minimum atomic E-state index is -2.81. The first kappa shape index (κ1) is 73.9. The van der Waals surface area contributed by atoms with Gasteiger partial charge in [0.1, 0.15) is 54.6 Å². The fourth-order valence-corrected chi connectivity index (χ4v) is 19.6. The molecule has 5 heterocycles. The quantitative estimate of drug-likeness (QED) is 0.0528. The molecule has 6 aliphatic rings. The number of aliphatic hydroxyl groups excluding tert-OH is 2. The molecule has 4 saturated heterocycles. The lowest BCUT2D eigenvalue weighted by Crippen LogP contribution is -2.66. The van der Waals surface area contributed by atoms with Crippen molar-refractivity contribution in [2.24, 2.45) is 35.5 Å². The van der Waals surface area contributed by atoms with Crippen LogP contribution in [0.5, 0.6) is 0 Å². The van der Waals surface area contributed by atoms with Gasteiger partial charge < -0.3 is 62.5 Å². The summed E-state index contributed by atoms with van der Waals surface area (Å²) in [7, 11) is 0.138. The number of ether oxygens (including phenoxy) is 8. The van der Waals surface area contributed by atoms with E-state index in [9.17, 15) is 39.3 Å². The van der Waals surface area contributed by atoms with Crippen molar-refractivity contribution in [1.29, 1.82) is 0 Å². The highest BCUT2D eigenvalue weighted by molar-refractivity contribution is 6.99. The molecule has 2 aromatic rings. The number of ketones is 3. The maximum Gasteiger partial charge on any atom is 0.329 e. The predicted molar refractivity (Wildman–Crippen MR) is 356 cm³/mol. The average molecular weight is 1310 g/mol. The van der Waals surface area contributed by atoms with E-state index in [2.05, 4.69) is 69.3 Å². The lowest BCUT2D eigenvalue weighted by Gasteiger charge is -2.43. The van der Waals surface area contributed by atoms with Gasteiger partial charge in [0.05, 0.1) is 50.8 Å². The number of esters is 1. The number of methoxy groups -OCH3 is 2. The van der Waals surface area contributed by atoms with Crippen LogP contribution in [0, 0.1) is 35.5 Å². The van der Waals surface area contributed by atoms with E-state index in [1.807, 2.05) is 70.2 Å². The summed E-state index contributed by atoms with van der Waals surface area (Å²) in [5, 5.41) is 37.0. The summed E-state index contributed by atoms with van der Waals surface area (Å²) < 4.78 is 57.8. The van der Waals surface area contributed by atoms with Crippen LogP contribution in [-0.4, -0.2) is 184 Å². The molecule has 1 amide bonds. The van der Waals surface area contributed by atoms with Gasteiger partial charge in [0, 0.05) is 51.4 Å². The van der Waals surface area contributed by atoms with Crippen molar-refractivity contribution >= 4 is 47.9 Å². The van der Waals surface area contributed by atoms with E-state index in [4.69, 9.17) is 42.3 Å². The third-order valence-electron chi connectivity index (χ3n) is 20.6. The van der Waals surface area contributed by atoms with Crippen LogP contribution >= 0.6 is 0 Å². The number of carbonyl (C=O) groups excluding carboxylic acids is 5. The average Bonchev–Trinajstić information content (AvgIpc) is 1.38. The number of rotatable bonds is 14. The summed E-state index contributed by atoms with van der Waals surface area (Å²) in [5.41, 5.74) is 1.18. The van der Waals surface area contributed by atoms with Gasteiger partial charge in [0.25, 0.3) is 20.0 Å². The van der Waals surface area contributed by atoms with Crippen molar-refractivity contribution in [3.8, 4) is 0 Å². The number of cyclic esters (lactones) is 1. The highest BCUT2D eigenvalue weighted by Gasteiger charge is 2.55. The number of allylic oxidation sites excluding steroid dienone is 6. The molecule has 3 N–H and O–H groups in total. The molecule has 93 heavy (non-hydrogen) atoms. The molecule has 5 aliphatic heterocycles. The molecule has 514 valence electrons. The molecule has 1 aliphatic carbocycles. The molecule has 5 fully saturated rings. The number of hydrogen-bond acceptors (Lipinski definition) is 17. The highest BCUT2D eigenvalue weighted by atomic mass is 28.4. The molecule has 0 radical (unpaired) electrons. The Labute approximate surface area is 553 Å². The molecule has 19 atom stereocenters. The predicted octanol–water partition coefficient (Wildman–Crippen LogP) is 8.68. The minimum Gasteiger partial charge on any atom is -0.460 e. The number of benzene rings is 2. The molecule has 2 bridgehead atoms. The lowest BCUT2D eigenvalue weighted by atomic mass is 9.78. The number of nitrogens with zero attached hydrogens (tertiary/aromatic N) is 1. The van der Waals surface area contributed by atoms with Crippen molar-refractivity contribution in [3.63, 3.8) is 0 Å². The third-order valence-corrected chi connectivity index (χ3v) is 25.7. The van der Waals surface area contributed by atoms with E-state index < -0.39 is 117 Å². The van der Waals surface area contributed by atoms with Crippen LogP contribution in [0.3, 0.4) is 0 Å². The Balaban J connectivity index is 1.03. The zero-order chi connectivity index (χ0) is 67.4. The molecule has 0 unspecified atom stereocenters. The molecule has 2 aromatic carbocycles. The molecular formula is C74H107NO17Si. The Hall–Kier alpha value is -4.87. The molecule has 19 heteroatoms. The fourth-order valence-electron chi connectivity index (χ4n) is 15.1. The van der Waals surface area contributed by atoms with Gasteiger partial charge in [0.2, 0.25) is 5.79 Å². The van der Waals surface area contributed by atoms with Gasteiger partial charge in [-0.25, -0.2) is 4.79 Å². The standard InChI is InChI=1S/C74H107NO17Si/c1-46-24-16-13-17-25-47(2)60(90-64-45-88-67-63(44-87-68(64)67)86-36-37-89-93(73(8,9)10,55-26-18-14-19-27-55)56-28-20-15-21-29-56)42-54-33-31-52(7)74(83,92-54)70(80)71(81)75-35-23-22-30-57(75)72(82)91-61(49(4)40-53-32-34-58(76)62(41-53)84-11)43-59(77)48(3)39-51(6)66(79)69(85-12)65(78)50(5)38-46/h13-21,24-29,39,46,48-50,52-54,57-58,60-64,66-69,76,79,83H,22-23,30-38,40-45H2,1-12H3/b17-13+,24-16+,47-25+,51-39+/t46-,48-,49-,50-,52-,53+,54+,57+,58-,60-,61+,62-,63+,64-,66-,67-,68-,69+,74-/m1/s1. The summed E-state index contributed by atoms with van der Waals surface area (Å²) in [6, 6.07) is 19.8. The van der Waals surface area contributed by atoms with Gasteiger partial charge in [-0.15, -0.1) is 0 Å². The molecule has 8 rings (SSSR count). The van der Waals surface area contributed by atoms with Crippen LogP contribution in [0.1, 0.15) is 146 Å². The number of hydrogen-bond donors (Lipinski definition) is 3. The van der Waals surface area contributed by atoms with Crippen LogP contribution in [0.15, 0.2) is 108 Å². The SMILES string of the molecule is CO[C@@H]1C[C@H](C[C@@H](C)[C@@H]2CC(=O)[C@H](C)/C=C(\C)[C@@H](O)[C@@H](OC)C(=O)[C@H](C)C[C@H](C)/C=C/C=C/C=C(\C)[C@H](O[C@@H]3CO[C@H]4[C@@H]3OC[C@@H]4OCCO[Si](c3ccccc3)(c3ccccc3)C(C)(C)C)C[C@@H]3CC[C@@H](C)[C@@](O)(O3)C(=O)C(=O)N3CCCC[C@H]3C(=O)O2)CC[C@H]1O. The summed E-state index contributed by atoms with van der Waals surface area (Å²) in [4.78, 5) is 73.9. The maximum absolute atomic E-state index is 14.8. The Morgan fingerprint density at radius 3 is 2.08 bits per heavy atom. The van der Waals surface area contributed by atoms with E-state index in [1.165, 1.54) is 22.4 Å². The van der Waals surface area contributed by atoms with E-state index in [1.54, 1.807) is 34.0 Å². The Morgan fingerprint density at radius 2 is 1.42 bits per heavy atom. The summed E-state index contributed by atoms with van der Waals surface area (Å²) in [5.74, 6) is -8.51. The molecule has 0 spiro atoms. The van der Waals surface area contributed by atoms with Crippen LogP contribution in [0.25, 0.3) is 0 Å². The number of carbonyl (C=O) groups is 5. The van der Waals surface area contributed by atoms with Crippen LogP contribution in [0.2, 0.25) is 5.04 Å². The zero-order valence-electron chi connectivity index (χ0n) is 57.2. The van der Waals surface area contributed by atoms with Gasteiger partial charge in [-0.3, -0.25) is 19.2 Å². The Kier molecular flexibility index (Phi) is 26.5. The molecular weight excluding hydrogens is 1200 g/mol. The first-order valence-electron chi connectivity index (χ1n) is 34.2. The number of piperidine rings is 1. The summed E-state index contributed by atoms with van der Waals surface area (Å²) >= 11 is 0. The molecule has 0 aromatic heterocycles. The van der Waals surface area contributed by atoms with Crippen LogP contribution in [0.4, 0.5) is 0 Å². The van der Waals surface area contributed by atoms with E-state index in [0.29, 0.717) is 76.6 Å². The van der Waals surface area contributed by atoms with Crippen molar-refractivity contribution in [1.82, 2.24) is 4.90 Å². The highest BCUT2D eigenvalue weighted by Crippen LogP contribution is 2.41. The van der Waals surface area contributed by atoms with Crippen molar-refractivity contribution in [3.05, 3.63) is 108 Å². The molecule has 18 nitrogen and oxygen atoms in total. The second-order valence-electron chi connectivity index (χ2n) is 28.5. The normalized spacial score (nSPS) is 36.8. The fraction of sp³-hybridized carbons (Fsp3) is 0.662. The van der Waals surface area contributed by atoms with Crippen molar-refractivity contribution in [2.75, 3.05) is 47.2 Å². The number of fused-ring (bicyclic) bond motifs is 4. The minimum absolute atomic E-state index is 0.0459. The first-order valence-corrected chi connectivity index (χ1v) is 36.1. The largest absolute Gasteiger partial charge is 0.460 e. The maximum atomic E-state index is 14.8. The Morgan fingerprint density at radius 1 is 0.753 bits per heavy atom. The van der Waals surface area contributed by atoms with Gasteiger partial charge in [-0.2, -0.15) is 0 Å². The van der Waals surface area contributed by atoms with Crippen molar-refractivity contribution < 1.29 is 81.6 Å². The van der Waals surface area contributed by atoms with E-state index in [0.717, 1.165) is 5.57 Å². The van der Waals surface area contributed by atoms with Crippen LogP contribution in [-0.2, 0) is 66.3 Å². The first-order chi connectivity index (χ1) is 44.3. The molecule has 1 saturated carbocycles. The lowest BCUT2D eigenvalue weighted by molar-refractivity contribution is -0.266. The second-order valence-corrected chi connectivity index (χ2v) is 32.9. The van der Waals surface area contributed by atoms with Gasteiger partial charge >= 0.3 is 5.97 Å². The summed E-state index contributed by atoms with van der Waals surface area (Å²) in [6.07, 6.45) is 8.32. The van der Waals surface area contributed by atoms with Gasteiger partial charge in [0.15, 0.2) is 5.78 Å². The number of aliphatic hydroxyl groups is 3. The van der Waals surface area contributed by atoms with Crippen molar-refractivity contribution in [2.45, 2.75) is 230 Å². The zero-order valence-corrected chi connectivity index (χ0v) is 58.2. The number of Topliss-reactive ketones (excluding diaryl/α,β-unsaturated/α-hetero) is 3. The number of amides is 1. The Bertz CT molecular complexity index is 2890. The summed E-state index contributed by atoms with van der Waals surface area (Å²) in [6.45, 7) is 20.6. The second kappa shape index (κ2) is 33.4. The smallest absolute Gasteiger partial charge is 0.329 e.